The van der Waals surface area contributed by atoms with E-state index in [2.05, 4.69) is 85.4 Å². The number of anilines is 3. The maximum atomic E-state index is 6.29. The number of hydrogen-bond donors (Lipinski definition) is 1. The van der Waals surface area contributed by atoms with Crippen molar-refractivity contribution < 1.29 is 9.47 Å². The molecule has 2 aliphatic rings. The molecule has 40 heavy (non-hydrogen) atoms. The third-order valence-electron chi connectivity index (χ3n) is 7.42. The van der Waals surface area contributed by atoms with Crippen molar-refractivity contribution >= 4 is 57.2 Å². The zero-order valence-electron chi connectivity index (χ0n) is 22.6. The summed E-state index contributed by atoms with van der Waals surface area (Å²) < 4.78 is 12.9. The summed E-state index contributed by atoms with van der Waals surface area (Å²) in [5.41, 5.74) is 5.19. The molecule has 206 valence electrons. The molecule has 4 aromatic rings. The first kappa shape index (κ1) is 26.6. The number of fused-ring (bicyclic) bond motifs is 1. The fourth-order valence-electron chi connectivity index (χ4n) is 5.34. The lowest BCUT2D eigenvalue weighted by molar-refractivity contribution is 0.283. The number of hydrogen-bond acceptors (Lipinski definition) is 8. The van der Waals surface area contributed by atoms with Gasteiger partial charge < -0.3 is 19.3 Å². The second kappa shape index (κ2) is 12.3. The molecule has 0 aliphatic carbocycles. The molecular formula is C31H33IN6O2. The number of aromatic nitrogens is 2. The quantitative estimate of drug-likeness (QED) is 0.127. The minimum Gasteiger partial charge on any atom is -0.493 e. The summed E-state index contributed by atoms with van der Waals surface area (Å²) in [6.07, 6.45) is 6.55. The lowest BCUT2D eigenvalue weighted by Crippen LogP contribution is -2.24. The van der Waals surface area contributed by atoms with Crippen molar-refractivity contribution in [1.82, 2.24) is 9.97 Å². The third kappa shape index (κ3) is 5.94. The Morgan fingerprint density at radius 1 is 0.925 bits per heavy atom. The second-order valence-corrected chi connectivity index (χ2v) is 11.3. The molecule has 6 rings (SSSR count). The van der Waals surface area contributed by atoms with E-state index in [-0.39, 0.29) is 0 Å². The van der Waals surface area contributed by atoms with Crippen LogP contribution in [-0.4, -0.2) is 49.5 Å². The Hall–Kier alpha value is -3.60. The third-order valence-corrected chi connectivity index (χ3v) is 8.22. The van der Waals surface area contributed by atoms with E-state index in [4.69, 9.17) is 19.4 Å². The van der Waals surface area contributed by atoms with Crippen LogP contribution in [0.3, 0.4) is 0 Å². The summed E-state index contributed by atoms with van der Waals surface area (Å²) in [5.74, 6) is 3.84. The fraction of sp³-hybridized carbons (Fsp3) is 0.323. The molecule has 0 atom stereocenters. The number of benzene rings is 3. The van der Waals surface area contributed by atoms with Crippen LogP contribution in [0, 0.1) is 3.57 Å². The highest BCUT2D eigenvalue weighted by Gasteiger charge is 2.20. The molecule has 0 amide bonds. The second-order valence-electron chi connectivity index (χ2n) is 10.1. The first-order chi connectivity index (χ1) is 19.7. The van der Waals surface area contributed by atoms with Crippen molar-refractivity contribution in [3.8, 4) is 11.5 Å². The first-order valence-electron chi connectivity index (χ1n) is 13.8. The van der Waals surface area contributed by atoms with E-state index in [1.54, 1.807) is 13.3 Å². The van der Waals surface area contributed by atoms with E-state index in [0.717, 1.165) is 58.4 Å². The highest BCUT2D eigenvalue weighted by molar-refractivity contribution is 14.1. The molecule has 0 saturated carbocycles. The van der Waals surface area contributed by atoms with E-state index in [0.29, 0.717) is 18.2 Å². The predicted octanol–water partition coefficient (Wildman–Crippen LogP) is 6.47. The molecule has 0 spiro atoms. The summed E-state index contributed by atoms with van der Waals surface area (Å²) in [6, 6.07) is 20.6. The van der Waals surface area contributed by atoms with Gasteiger partial charge in [0, 0.05) is 32.2 Å². The van der Waals surface area contributed by atoms with Crippen LogP contribution in [-0.2, 0) is 6.61 Å². The van der Waals surface area contributed by atoms with Gasteiger partial charge >= 0.3 is 0 Å². The zero-order chi connectivity index (χ0) is 27.3. The van der Waals surface area contributed by atoms with Crippen LogP contribution in [0.5, 0.6) is 11.5 Å². The van der Waals surface area contributed by atoms with Crippen molar-refractivity contribution in [3.63, 3.8) is 0 Å². The zero-order valence-corrected chi connectivity index (χ0v) is 24.8. The summed E-state index contributed by atoms with van der Waals surface area (Å²) in [7, 11) is 1.66. The van der Waals surface area contributed by atoms with E-state index in [9.17, 15) is 0 Å². The largest absolute Gasteiger partial charge is 0.493 e. The number of methoxy groups -OCH3 is 1. The van der Waals surface area contributed by atoms with Crippen molar-refractivity contribution in [1.29, 1.82) is 0 Å². The number of rotatable bonds is 9. The average molecular weight is 649 g/mol. The van der Waals surface area contributed by atoms with Gasteiger partial charge in [-0.15, -0.1) is 0 Å². The summed E-state index contributed by atoms with van der Waals surface area (Å²) in [4.78, 5) is 14.3. The van der Waals surface area contributed by atoms with Gasteiger partial charge in [0.15, 0.2) is 17.3 Å². The smallest absolute Gasteiger partial charge is 0.229 e. The Bertz CT molecular complexity index is 1480. The number of ether oxygens (including phenoxy) is 2. The molecule has 0 unspecified atom stereocenters. The van der Waals surface area contributed by atoms with Gasteiger partial charge in [0.05, 0.1) is 16.9 Å². The molecule has 0 bridgehead atoms. The van der Waals surface area contributed by atoms with Gasteiger partial charge in [-0.1, -0.05) is 42.5 Å². The van der Waals surface area contributed by atoms with Gasteiger partial charge in [-0.25, -0.2) is 0 Å². The van der Waals surface area contributed by atoms with Crippen molar-refractivity contribution in [2.45, 2.75) is 32.3 Å². The summed E-state index contributed by atoms with van der Waals surface area (Å²) >= 11 is 2.29. The van der Waals surface area contributed by atoms with Gasteiger partial charge in [0.1, 0.15) is 12.4 Å². The highest BCUT2D eigenvalue weighted by Crippen LogP contribution is 2.35. The number of nitrogens with one attached hydrogen (secondary N) is 1. The Labute approximate surface area is 248 Å². The highest BCUT2D eigenvalue weighted by atomic mass is 127. The van der Waals surface area contributed by atoms with Crippen molar-refractivity contribution in [2.24, 2.45) is 5.10 Å². The Balaban J connectivity index is 1.18. The molecule has 3 heterocycles. The Kier molecular flexibility index (Phi) is 8.17. The van der Waals surface area contributed by atoms with Crippen molar-refractivity contribution in [2.75, 3.05) is 48.5 Å². The minimum atomic E-state index is 0.453. The van der Waals surface area contributed by atoms with E-state index >= 15 is 0 Å². The normalized spacial score (nSPS) is 15.3. The Morgan fingerprint density at radius 3 is 2.48 bits per heavy atom. The van der Waals surface area contributed by atoms with Crippen LogP contribution in [0.25, 0.3) is 10.8 Å². The lowest BCUT2D eigenvalue weighted by atomic mass is 10.1. The molecule has 2 fully saturated rings. The maximum Gasteiger partial charge on any atom is 0.229 e. The molecular weight excluding hydrogens is 615 g/mol. The van der Waals surface area contributed by atoms with Gasteiger partial charge in [0.2, 0.25) is 5.95 Å². The van der Waals surface area contributed by atoms with Gasteiger partial charge in [0.25, 0.3) is 0 Å². The van der Waals surface area contributed by atoms with Crippen LogP contribution < -0.4 is 24.7 Å². The van der Waals surface area contributed by atoms with E-state index in [1.165, 1.54) is 36.5 Å². The first-order valence-corrected chi connectivity index (χ1v) is 14.9. The Morgan fingerprint density at radius 2 is 1.68 bits per heavy atom. The fourth-order valence-corrected chi connectivity index (χ4v) is 6.12. The van der Waals surface area contributed by atoms with Gasteiger partial charge in [-0.3, -0.25) is 5.43 Å². The summed E-state index contributed by atoms with van der Waals surface area (Å²) in [5, 5.41) is 6.91. The lowest BCUT2D eigenvalue weighted by Gasteiger charge is -2.21. The molecule has 2 saturated heterocycles. The molecule has 3 aromatic carbocycles. The average Bonchev–Trinajstić information content (AvgIpc) is 3.72. The maximum absolute atomic E-state index is 6.29. The summed E-state index contributed by atoms with van der Waals surface area (Å²) in [6.45, 7) is 4.52. The molecule has 9 heteroatoms. The molecule has 1 aromatic heterocycles. The van der Waals surface area contributed by atoms with Crippen molar-refractivity contribution in [3.05, 3.63) is 75.4 Å². The van der Waals surface area contributed by atoms with Gasteiger partial charge in [-0.2, -0.15) is 15.1 Å². The van der Waals surface area contributed by atoms with Gasteiger partial charge in [-0.05, 0) is 82.3 Å². The van der Waals surface area contributed by atoms with Crippen LogP contribution in [0.1, 0.15) is 36.8 Å². The SMILES string of the molecule is COc1cc(C=NNc2cc(N3CCCC3)nc(N3CCCC3)n2)cc(I)c1OCc1cccc2ccccc12. The van der Waals surface area contributed by atoms with Crippen LogP contribution in [0.15, 0.2) is 65.8 Å². The number of halogens is 1. The molecule has 1 N–H and O–H groups in total. The van der Waals surface area contributed by atoms with Crippen LogP contribution >= 0.6 is 22.6 Å². The van der Waals surface area contributed by atoms with Crippen LogP contribution in [0.2, 0.25) is 0 Å². The monoisotopic (exact) mass is 648 g/mol. The molecule has 8 nitrogen and oxygen atoms in total. The topological polar surface area (TPSA) is 75.1 Å². The van der Waals surface area contributed by atoms with E-state index < -0.39 is 0 Å². The van der Waals surface area contributed by atoms with Crippen LogP contribution in [0.4, 0.5) is 17.6 Å². The van der Waals surface area contributed by atoms with E-state index in [1.807, 2.05) is 18.2 Å². The molecule has 0 radical (unpaired) electrons. The number of hydrazone groups is 1. The predicted molar refractivity (Wildman–Crippen MR) is 170 cm³/mol. The minimum absolute atomic E-state index is 0.453. The number of nitrogens with zero attached hydrogens (tertiary/aromatic N) is 5. The standard InChI is InChI=1S/C31H33IN6O2/c1-39-27-18-22(17-26(32)30(27)40-21-24-11-8-10-23-9-2-3-12-25(23)24)20-33-36-28-19-29(37-13-4-5-14-37)35-31(34-28)38-15-6-7-16-38/h2-3,8-12,17-20H,4-7,13-16,21H2,1H3,(H,34,35,36). The molecule has 2 aliphatic heterocycles.